The van der Waals surface area contributed by atoms with Crippen molar-refractivity contribution in [2.45, 2.75) is 18.9 Å². The van der Waals surface area contributed by atoms with Crippen molar-refractivity contribution in [1.29, 1.82) is 0 Å². The van der Waals surface area contributed by atoms with Gasteiger partial charge in [-0.1, -0.05) is 18.2 Å². The molecule has 1 aromatic heterocycles. The van der Waals surface area contributed by atoms with E-state index in [2.05, 4.69) is 4.98 Å². The fourth-order valence-electron chi connectivity index (χ4n) is 2.71. The number of aromatic nitrogens is 1. The minimum Gasteiger partial charge on any atom is -0.457 e. The Balaban J connectivity index is 1.77. The molecule has 1 aliphatic heterocycles. The minimum atomic E-state index is -0.0774. The fourth-order valence-corrected chi connectivity index (χ4v) is 2.71. The molecule has 1 saturated heterocycles. The normalized spacial score (nSPS) is 17.5. The van der Waals surface area contributed by atoms with E-state index in [-0.39, 0.29) is 11.9 Å². The van der Waals surface area contributed by atoms with E-state index in [0.717, 1.165) is 25.1 Å². The van der Waals surface area contributed by atoms with Crippen molar-refractivity contribution in [3.8, 4) is 11.5 Å². The number of para-hydroxylation sites is 1. The second-order valence-corrected chi connectivity index (χ2v) is 5.32. The molecule has 2 aromatic rings. The van der Waals surface area contributed by atoms with Gasteiger partial charge < -0.3 is 15.4 Å². The first-order valence-electron chi connectivity index (χ1n) is 7.48. The molecule has 5 nitrogen and oxygen atoms in total. The highest BCUT2D eigenvalue weighted by atomic mass is 16.5. The number of nitrogens with zero attached hydrogens (tertiary/aromatic N) is 2. The van der Waals surface area contributed by atoms with E-state index in [0.29, 0.717) is 18.0 Å². The maximum absolute atomic E-state index is 12.6. The van der Waals surface area contributed by atoms with Gasteiger partial charge in [-0.05, 0) is 31.0 Å². The molecule has 0 spiro atoms. The number of hydrogen-bond donors (Lipinski definition) is 1. The third kappa shape index (κ3) is 3.09. The van der Waals surface area contributed by atoms with Gasteiger partial charge in [0.05, 0.1) is 0 Å². The Morgan fingerprint density at radius 3 is 2.86 bits per heavy atom. The summed E-state index contributed by atoms with van der Waals surface area (Å²) >= 11 is 0. The van der Waals surface area contributed by atoms with Crippen LogP contribution in [0.3, 0.4) is 0 Å². The van der Waals surface area contributed by atoms with Crippen molar-refractivity contribution in [2.24, 2.45) is 5.73 Å². The molecule has 1 aromatic carbocycles. The zero-order valence-corrected chi connectivity index (χ0v) is 12.3. The zero-order valence-electron chi connectivity index (χ0n) is 12.3. The fraction of sp³-hybridized carbons (Fsp3) is 0.294. The predicted octanol–water partition coefficient (Wildman–Crippen LogP) is 2.44. The standard InChI is InChI=1S/C17H19N3O2/c18-12-13-5-4-10-20(13)17(21)16-11-15(8-9-19-16)22-14-6-2-1-3-7-14/h1-3,6-9,11,13H,4-5,10,12,18H2/t13-/m0/s1. The monoisotopic (exact) mass is 297 g/mol. The SMILES string of the molecule is NC[C@@H]1CCCN1C(=O)c1cc(Oc2ccccc2)ccn1. The maximum atomic E-state index is 12.6. The third-order valence-corrected chi connectivity index (χ3v) is 3.84. The summed E-state index contributed by atoms with van der Waals surface area (Å²) in [6.07, 6.45) is 3.55. The van der Waals surface area contributed by atoms with Gasteiger partial charge in [0.1, 0.15) is 17.2 Å². The number of ether oxygens (including phenoxy) is 1. The van der Waals surface area contributed by atoms with E-state index < -0.39 is 0 Å². The quantitative estimate of drug-likeness (QED) is 0.941. The lowest BCUT2D eigenvalue weighted by molar-refractivity contribution is 0.0735. The summed E-state index contributed by atoms with van der Waals surface area (Å²) in [7, 11) is 0. The van der Waals surface area contributed by atoms with Gasteiger partial charge in [-0.2, -0.15) is 0 Å². The van der Waals surface area contributed by atoms with Crippen LogP contribution in [-0.2, 0) is 0 Å². The Bertz CT molecular complexity index is 645. The first kappa shape index (κ1) is 14.5. The van der Waals surface area contributed by atoms with E-state index in [4.69, 9.17) is 10.5 Å². The van der Waals surface area contributed by atoms with Crippen molar-refractivity contribution in [3.63, 3.8) is 0 Å². The van der Waals surface area contributed by atoms with Crippen LogP contribution in [0.25, 0.3) is 0 Å². The Kier molecular flexibility index (Phi) is 4.34. The van der Waals surface area contributed by atoms with Crippen molar-refractivity contribution >= 4 is 5.91 Å². The molecule has 2 N–H and O–H groups in total. The lowest BCUT2D eigenvalue weighted by Crippen LogP contribution is -2.40. The Morgan fingerprint density at radius 1 is 1.27 bits per heavy atom. The van der Waals surface area contributed by atoms with Gasteiger partial charge >= 0.3 is 0 Å². The van der Waals surface area contributed by atoms with Crippen molar-refractivity contribution in [2.75, 3.05) is 13.1 Å². The number of hydrogen-bond acceptors (Lipinski definition) is 4. The highest BCUT2D eigenvalue weighted by molar-refractivity contribution is 5.93. The number of carbonyl (C=O) groups is 1. The molecule has 1 aliphatic rings. The van der Waals surface area contributed by atoms with Gasteiger partial charge in [-0.3, -0.25) is 9.78 Å². The van der Waals surface area contributed by atoms with Gasteiger partial charge in [0.25, 0.3) is 5.91 Å². The Hall–Kier alpha value is -2.40. The molecule has 2 heterocycles. The summed E-state index contributed by atoms with van der Waals surface area (Å²) in [4.78, 5) is 18.6. The summed E-state index contributed by atoms with van der Waals surface area (Å²) in [6, 6.07) is 13.0. The van der Waals surface area contributed by atoms with Crippen LogP contribution in [0.15, 0.2) is 48.7 Å². The van der Waals surface area contributed by atoms with Gasteiger partial charge in [0, 0.05) is 31.4 Å². The number of rotatable bonds is 4. The van der Waals surface area contributed by atoms with Crippen LogP contribution in [-0.4, -0.2) is 34.9 Å². The van der Waals surface area contributed by atoms with E-state index in [1.807, 2.05) is 35.2 Å². The lowest BCUT2D eigenvalue weighted by Gasteiger charge is -2.23. The van der Waals surface area contributed by atoms with Gasteiger partial charge in [-0.15, -0.1) is 0 Å². The lowest BCUT2D eigenvalue weighted by atomic mass is 10.2. The van der Waals surface area contributed by atoms with Crippen LogP contribution in [0.4, 0.5) is 0 Å². The molecular formula is C17H19N3O2. The summed E-state index contributed by atoms with van der Waals surface area (Å²) in [5.41, 5.74) is 6.13. The molecule has 3 rings (SSSR count). The van der Waals surface area contributed by atoms with Gasteiger partial charge in [0.15, 0.2) is 0 Å². The average Bonchev–Trinajstić information content (AvgIpc) is 3.04. The number of carbonyl (C=O) groups excluding carboxylic acids is 1. The molecule has 1 atom stereocenters. The van der Waals surface area contributed by atoms with Crippen LogP contribution in [0.5, 0.6) is 11.5 Å². The summed E-state index contributed by atoms with van der Waals surface area (Å²) in [6.45, 7) is 1.23. The van der Waals surface area contributed by atoms with Crippen LogP contribution in [0.1, 0.15) is 23.3 Å². The van der Waals surface area contributed by atoms with E-state index in [9.17, 15) is 4.79 Å². The molecular weight excluding hydrogens is 278 g/mol. The largest absolute Gasteiger partial charge is 0.457 e. The second-order valence-electron chi connectivity index (χ2n) is 5.32. The summed E-state index contributed by atoms with van der Waals surface area (Å²) in [5, 5.41) is 0. The Morgan fingerprint density at radius 2 is 2.09 bits per heavy atom. The first-order chi connectivity index (χ1) is 10.8. The van der Waals surface area contributed by atoms with Crippen molar-refractivity contribution in [3.05, 3.63) is 54.4 Å². The highest BCUT2D eigenvalue weighted by Crippen LogP contribution is 2.23. The van der Waals surface area contributed by atoms with Crippen LogP contribution >= 0.6 is 0 Å². The van der Waals surface area contributed by atoms with E-state index in [1.165, 1.54) is 0 Å². The molecule has 1 amide bonds. The Labute approximate surface area is 129 Å². The third-order valence-electron chi connectivity index (χ3n) is 3.84. The molecule has 0 radical (unpaired) electrons. The van der Waals surface area contributed by atoms with Crippen molar-refractivity contribution < 1.29 is 9.53 Å². The maximum Gasteiger partial charge on any atom is 0.272 e. The zero-order chi connectivity index (χ0) is 15.4. The topological polar surface area (TPSA) is 68.5 Å². The molecule has 0 unspecified atom stereocenters. The van der Waals surface area contributed by atoms with Crippen LogP contribution in [0.2, 0.25) is 0 Å². The smallest absolute Gasteiger partial charge is 0.272 e. The first-order valence-corrected chi connectivity index (χ1v) is 7.48. The highest BCUT2D eigenvalue weighted by Gasteiger charge is 2.29. The second kappa shape index (κ2) is 6.58. The molecule has 0 saturated carbocycles. The molecule has 114 valence electrons. The summed E-state index contributed by atoms with van der Waals surface area (Å²) in [5.74, 6) is 1.26. The van der Waals surface area contributed by atoms with Gasteiger partial charge in [-0.25, -0.2) is 0 Å². The van der Waals surface area contributed by atoms with Crippen molar-refractivity contribution in [1.82, 2.24) is 9.88 Å². The van der Waals surface area contributed by atoms with E-state index in [1.54, 1.807) is 18.3 Å². The van der Waals surface area contributed by atoms with Gasteiger partial charge in [0.2, 0.25) is 0 Å². The molecule has 0 bridgehead atoms. The average molecular weight is 297 g/mol. The summed E-state index contributed by atoms with van der Waals surface area (Å²) < 4.78 is 5.75. The predicted molar refractivity (Wildman–Crippen MR) is 83.9 cm³/mol. The van der Waals surface area contributed by atoms with Crippen LogP contribution in [0, 0.1) is 0 Å². The van der Waals surface area contributed by atoms with Crippen LogP contribution < -0.4 is 10.5 Å². The minimum absolute atomic E-state index is 0.0774. The number of likely N-dealkylation sites (tertiary alicyclic amines) is 1. The molecule has 22 heavy (non-hydrogen) atoms. The molecule has 5 heteroatoms. The molecule has 0 aliphatic carbocycles. The van der Waals surface area contributed by atoms with E-state index >= 15 is 0 Å². The number of pyridine rings is 1. The number of nitrogens with two attached hydrogens (primary N) is 1. The number of benzene rings is 1. The number of amides is 1. The molecule has 1 fully saturated rings.